The fourth-order valence-corrected chi connectivity index (χ4v) is 2.59. The van der Waals surface area contributed by atoms with E-state index < -0.39 is 5.69 Å². The van der Waals surface area contributed by atoms with E-state index in [1.54, 1.807) is 18.2 Å². The van der Waals surface area contributed by atoms with Crippen molar-refractivity contribution in [3.8, 4) is 0 Å². The van der Waals surface area contributed by atoms with Gasteiger partial charge in [-0.25, -0.2) is 4.79 Å². The van der Waals surface area contributed by atoms with E-state index in [0.29, 0.717) is 35.4 Å². The predicted molar refractivity (Wildman–Crippen MR) is 91.1 cm³/mol. The van der Waals surface area contributed by atoms with Gasteiger partial charge in [-0.05, 0) is 31.0 Å². The second-order valence-corrected chi connectivity index (χ2v) is 5.77. The summed E-state index contributed by atoms with van der Waals surface area (Å²) < 4.78 is 2.48. The summed E-state index contributed by atoms with van der Waals surface area (Å²) in [4.78, 5) is 37.1. The summed E-state index contributed by atoms with van der Waals surface area (Å²) in [6.45, 7) is 4.55. The van der Waals surface area contributed by atoms with E-state index in [1.807, 2.05) is 13.8 Å². The third-order valence-corrected chi connectivity index (χ3v) is 3.74. The molecule has 0 bridgehead atoms. The number of hydrogen-bond donors (Lipinski definition) is 1. The van der Waals surface area contributed by atoms with Gasteiger partial charge in [0.25, 0.3) is 5.56 Å². The number of carbonyl (C=O) groups excluding carboxylic acids is 1. The zero-order chi connectivity index (χ0) is 17.0. The minimum Gasteiger partial charge on any atom is -0.355 e. The first-order chi connectivity index (χ1) is 11.0. The molecule has 1 amide bonds. The molecular weight excluding hydrogens is 318 g/mol. The van der Waals surface area contributed by atoms with Crippen LogP contribution in [-0.2, 0) is 17.9 Å². The summed E-state index contributed by atoms with van der Waals surface area (Å²) in [5, 5.41) is 3.52. The van der Waals surface area contributed by atoms with Crippen LogP contribution in [0.15, 0.2) is 27.8 Å². The average Bonchev–Trinajstić information content (AvgIpc) is 2.53. The number of nitrogens with one attached hydrogen (secondary N) is 1. The minimum absolute atomic E-state index is 0.139. The van der Waals surface area contributed by atoms with Crippen LogP contribution in [0, 0.1) is 0 Å². The molecule has 0 radical (unpaired) electrons. The van der Waals surface area contributed by atoms with Gasteiger partial charge < -0.3 is 5.32 Å². The van der Waals surface area contributed by atoms with Gasteiger partial charge in [0.2, 0.25) is 5.91 Å². The van der Waals surface area contributed by atoms with Crippen LogP contribution in [0.2, 0.25) is 5.02 Å². The first-order valence-electron chi connectivity index (χ1n) is 7.69. The van der Waals surface area contributed by atoms with Gasteiger partial charge in [0, 0.05) is 18.1 Å². The number of nitrogens with zero attached hydrogens (tertiary/aromatic N) is 2. The lowest BCUT2D eigenvalue weighted by atomic mass is 10.2. The summed E-state index contributed by atoms with van der Waals surface area (Å²) in [5.74, 6) is -0.267. The molecule has 0 saturated carbocycles. The van der Waals surface area contributed by atoms with E-state index in [-0.39, 0.29) is 18.0 Å². The smallest absolute Gasteiger partial charge is 0.331 e. The van der Waals surface area contributed by atoms with Gasteiger partial charge >= 0.3 is 5.69 Å². The van der Waals surface area contributed by atoms with Crippen molar-refractivity contribution in [2.75, 3.05) is 6.54 Å². The molecule has 0 saturated heterocycles. The fourth-order valence-electron chi connectivity index (χ4n) is 2.43. The van der Waals surface area contributed by atoms with E-state index in [2.05, 4.69) is 5.32 Å². The maximum Gasteiger partial charge on any atom is 0.331 e. The molecular formula is C16H20ClN3O3. The highest BCUT2D eigenvalue weighted by Gasteiger charge is 2.15. The Morgan fingerprint density at radius 1 is 1.17 bits per heavy atom. The zero-order valence-corrected chi connectivity index (χ0v) is 14.0. The van der Waals surface area contributed by atoms with Gasteiger partial charge in [-0.2, -0.15) is 0 Å². The zero-order valence-electron chi connectivity index (χ0n) is 13.3. The van der Waals surface area contributed by atoms with E-state index in [4.69, 9.17) is 11.6 Å². The van der Waals surface area contributed by atoms with Crippen LogP contribution in [-0.4, -0.2) is 21.6 Å². The number of halogens is 1. The van der Waals surface area contributed by atoms with Crippen molar-refractivity contribution in [3.63, 3.8) is 0 Å². The van der Waals surface area contributed by atoms with Crippen LogP contribution in [0.5, 0.6) is 0 Å². The lowest BCUT2D eigenvalue weighted by molar-refractivity contribution is -0.121. The summed E-state index contributed by atoms with van der Waals surface area (Å²) in [7, 11) is 0. The number of hydrogen-bond acceptors (Lipinski definition) is 3. The summed E-state index contributed by atoms with van der Waals surface area (Å²) in [5.41, 5.74) is -0.460. The van der Waals surface area contributed by atoms with Gasteiger partial charge in [-0.15, -0.1) is 0 Å². The van der Waals surface area contributed by atoms with Crippen molar-refractivity contribution >= 4 is 28.4 Å². The molecule has 0 aliphatic heterocycles. The summed E-state index contributed by atoms with van der Waals surface area (Å²) in [6.07, 6.45) is 1.46. The third-order valence-electron chi connectivity index (χ3n) is 3.51. The Hall–Kier alpha value is -2.08. The number of rotatable bonds is 6. The van der Waals surface area contributed by atoms with E-state index in [1.165, 1.54) is 9.13 Å². The van der Waals surface area contributed by atoms with Crippen LogP contribution in [0.25, 0.3) is 10.9 Å². The van der Waals surface area contributed by atoms with Crippen molar-refractivity contribution < 1.29 is 4.79 Å². The van der Waals surface area contributed by atoms with Crippen LogP contribution < -0.4 is 16.6 Å². The van der Waals surface area contributed by atoms with Gasteiger partial charge in [0.15, 0.2) is 0 Å². The molecule has 1 N–H and O–H groups in total. The van der Waals surface area contributed by atoms with Crippen molar-refractivity contribution in [3.05, 3.63) is 44.1 Å². The normalized spacial score (nSPS) is 10.9. The quantitative estimate of drug-likeness (QED) is 0.872. The molecule has 2 aromatic rings. The van der Waals surface area contributed by atoms with Crippen molar-refractivity contribution in [1.82, 2.24) is 14.5 Å². The molecule has 124 valence electrons. The van der Waals surface area contributed by atoms with Crippen molar-refractivity contribution in [1.29, 1.82) is 0 Å². The molecule has 23 heavy (non-hydrogen) atoms. The average molecular weight is 338 g/mol. The van der Waals surface area contributed by atoms with Crippen molar-refractivity contribution in [2.24, 2.45) is 0 Å². The Morgan fingerprint density at radius 2 is 1.91 bits per heavy atom. The van der Waals surface area contributed by atoms with Gasteiger partial charge in [-0.3, -0.25) is 18.7 Å². The molecule has 0 atom stereocenters. The third kappa shape index (κ3) is 3.64. The van der Waals surface area contributed by atoms with E-state index in [9.17, 15) is 14.4 Å². The Balaban J connectivity index is 2.65. The van der Waals surface area contributed by atoms with Crippen LogP contribution in [0.4, 0.5) is 0 Å². The molecule has 1 heterocycles. The van der Waals surface area contributed by atoms with Crippen molar-refractivity contribution in [2.45, 2.75) is 39.8 Å². The van der Waals surface area contributed by atoms with Gasteiger partial charge in [0.05, 0.1) is 10.9 Å². The molecule has 0 aliphatic rings. The lowest BCUT2D eigenvalue weighted by Gasteiger charge is -2.14. The van der Waals surface area contributed by atoms with Crippen LogP contribution in [0.3, 0.4) is 0 Å². The molecule has 1 aromatic carbocycles. The van der Waals surface area contributed by atoms with Gasteiger partial charge in [-0.1, -0.05) is 25.4 Å². The summed E-state index contributed by atoms with van der Waals surface area (Å²) in [6, 6.07) is 4.74. The predicted octanol–water partition coefficient (Wildman–Crippen LogP) is 1.75. The highest BCUT2D eigenvalue weighted by atomic mass is 35.5. The standard InChI is InChI=1S/C16H20ClN3O3/c1-3-7-18-14(21)10-20-13-9-11(17)5-6-12(13)15(22)19(8-4-2)16(20)23/h5-6,9H,3-4,7-8,10H2,1-2H3,(H,18,21). The second-order valence-electron chi connectivity index (χ2n) is 5.34. The first kappa shape index (κ1) is 17.3. The topological polar surface area (TPSA) is 73.1 Å². The van der Waals surface area contributed by atoms with Crippen LogP contribution >= 0.6 is 11.6 Å². The Kier molecular flexibility index (Phi) is 5.60. The molecule has 0 spiro atoms. The maximum absolute atomic E-state index is 12.6. The first-order valence-corrected chi connectivity index (χ1v) is 8.07. The highest BCUT2D eigenvalue weighted by Crippen LogP contribution is 2.15. The molecule has 6 nitrogen and oxygen atoms in total. The Morgan fingerprint density at radius 3 is 2.57 bits per heavy atom. The number of carbonyl (C=O) groups is 1. The molecule has 0 aliphatic carbocycles. The van der Waals surface area contributed by atoms with E-state index in [0.717, 1.165) is 6.42 Å². The molecule has 1 aromatic heterocycles. The SMILES string of the molecule is CCCNC(=O)Cn1c(=O)n(CCC)c(=O)c2ccc(Cl)cc21. The highest BCUT2D eigenvalue weighted by molar-refractivity contribution is 6.31. The molecule has 0 unspecified atom stereocenters. The lowest BCUT2D eigenvalue weighted by Crippen LogP contribution is -2.42. The number of amides is 1. The largest absolute Gasteiger partial charge is 0.355 e. The Bertz CT molecular complexity index is 839. The molecule has 7 heteroatoms. The molecule has 0 fully saturated rings. The monoisotopic (exact) mass is 337 g/mol. The second kappa shape index (κ2) is 7.46. The maximum atomic E-state index is 12.6. The number of aromatic nitrogens is 2. The minimum atomic E-state index is -0.488. The Labute approximate surface area is 138 Å². The summed E-state index contributed by atoms with van der Waals surface area (Å²) >= 11 is 5.99. The number of benzene rings is 1. The molecule has 2 rings (SSSR count). The van der Waals surface area contributed by atoms with Gasteiger partial charge in [0.1, 0.15) is 6.54 Å². The number of fused-ring (bicyclic) bond motifs is 1. The van der Waals surface area contributed by atoms with E-state index >= 15 is 0 Å². The fraction of sp³-hybridized carbons (Fsp3) is 0.438. The van der Waals surface area contributed by atoms with Crippen LogP contribution in [0.1, 0.15) is 26.7 Å².